The van der Waals surface area contributed by atoms with Gasteiger partial charge < -0.3 is 24.6 Å². The third-order valence-corrected chi connectivity index (χ3v) is 4.15. The Morgan fingerprint density at radius 1 is 1.21 bits per heavy atom. The van der Waals surface area contributed by atoms with E-state index < -0.39 is 5.60 Å². The number of amides is 1. The van der Waals surface area contributed by atoms with Crippen LogP contribution in [-0.2, 0) is 4.74 Å². The van der Waals surface area contributed by atoms with Gasteiger partial charge in [0, 0.05) is 32.7 Å². The third-order valence-electron chi connectivity index (χ3n) is 4.15. The number of nitrogens with zero attached hydrogens (tertiary/aromatic N) is 2. The Morgan fingerprint density at radius 3 is 2.58 bits per heavy atom. The van der Waals surface area contributed by atoms with Gasteiger partial charge in [-0.15, -0.1) is 0 Å². The maximum Gasteiger partial charge on any atom is 0.410 e. The number of ether oxygens (including phenoxy) is 2. The van der Waals surface area contributed by atoms with Crippen LogP contribution in [0.1, 0.15) is 26.3 Å². The molecule has 132 valence electrons. The highest BCUT2D eigenvalue weighted by Gasteiger charge is 2.28. The van der Waals surface area contributed by atoms with Crippen molar-refractivity contribution in [2.24, 2.45) is 0 Å². The van der Waals surface area contributed by atoms with Gasteiger partial charge in [-0.3, -0.25) is 0 Å². The Bertz CT molecular complexity index is 617. The predicted octanol–water partition coefficient (Wildman–Crippen LogP) is 2.86. The monoisotopic (exact) mass is 333 g/mol. The van der Waals surface area contributed by atoms with E-state index in [0.29, 0.717) is 19.7 Å². The molecular weight excluding hydrogens is 306 g/mol. The van der Waals surface area contributed by atoms with E-state index in [0.717, 1.165) is 36.8 Å². The average Bonchev–Trinajstić information content (AvgIpc) is 2.52. The molecule has 1 amide bonds. The van der Waals surface area contributed by atoms with Crippen LogP contribution in [0.4, 0.5) is 16.2 Å². The van der Waals surface area contributed by atoms with Crippen LogP contribution in [0.2, 0.25) is 0 Å². The fourth-order valence-electron chi connectivity index (χ4n) is 3.07. The highest BCUT2D eigenvalue weighted by molar-refractivity contribution is 5.75. The molecule has 1 aromatic rings. The second-order valence-electron chi connectivity index (χ2n) is 7.39. The number of hydrogen-bond donors (Lipinski definition) is 1. The summed E-state index contributed by atoms with van der Waals surface area (Å²) < 4.78 is 11.4. The number of carbonyl (C=O) groups is 1. The first-order valence-electron chi connectivity index (χ1n) is 8.58. The Kier molecular flexibility index (Phi) is 4.47. The van der Waals surface area contributed by atoms with Gasteiger partial charge in [0.25, 0.3) is 0 Å². The first kappa shape index (κ1) is 16.7. The highest BCUT2D eigenvalue weighted by Crippen LogP contribution is 2.39. The second-order valence-corrected chi connectivity index (χ2v) is 7.39. The number of fused-ring (bicyclic) bond motifs is 1. The molecule has 2 aliphatic rings. The smallest absolute Gasteiger partial charge is 0.410 e. The minimum atomic E-state index is -0.455. The summed E-state index contributed by atoms with van der Waals surface area (Å²) in [4.78, 5) is 16.3. The predicted molar refractivity (Wildman–Crippen MR) is 95.2 cm³/mol. The topological polar surface area (TPSA) is 54.0 Å². The van der Waals surface area contributed by atoms with Crippen LogP contribution in [0.3, 0.4) is 0 Å². The maximum absolute atomic E-state index is 12.2. The molecule has 2 aliphatic heterocycles. The van der Waals surface area contributed by atoms with E-state index in [1.165, 1.54) is 5.56 Å². The van der Waals surface area contributed by atoms with Gasteiger partial charge in [-0.2, -0.15) is 0 Å². The highest BCUT2D eigenvalue weighted by atomic mass is 16.6. The van der Waals surface area contributed by atoms with Gasteiger partial charge >= 0.3 is 6.09 Å². The SMILES string of the molecule is Cc1cc2c(c(N3CCN(C(=O)OC(C)(C)C)CC3)c1)OCCN2. The van der Waals surface area contributed by atoms with Crippen molar-refractivity contribution in [2.45, 2.75) is 33.3 Å². The molecule has 0 saturated carbocycles. The lowest BCUT2D eigenvalue weighted by Crippen LogP contribution is -2.50. The van der Waals surface area contributed by atoms with E-state index in [9.17, 15) is 4.79 Å². The minimum absolute atomic E-state index is 0.230. The number of benzene rings is 1. The van der Waals surface area contributed by atoms with E-state index in [1.54, 1.807) is 4.90 Å². The normalized spacial score (nSPS) is 17.7. The summed E-state index contributed by atoms with van der Waals surface area (Å²) in [7, 11) is 0. The molecule has 1 fully saturated rings. The Hall–Kier alpha value is -2.11. The Morgan fingerprint density at radius 2 is 1.92 bits per heavy atom. The van der Waals surface area contributed by atoms with Crippen molar-refractivity contribution in [3.8, 4) is 5.75 Å². The summed E-state index contributed by atoms with van der Waals surface area (Å²) in [5.74, 6) is 0.928. The molecule has 0 unspecified atom stereocenters. The molecule has 0 bridgehead atoms. The van der Waals surface area contributed by atoms with Crippen LogP contribution in [0.15, 0.2) is 12.1 Å². The van der Waals surface area contributed by atoms with Gasteiger partial charge in [-0.05, 0) is 45.4 Å². The fraction of sp³-hybridized carbons (Fsp3) is 0.611. The maximum atomic E-state index is 12.2. The molecule has 6 heteroatoms. The van der Waals surface area contributed by atoms with Crippen LogP contribution in [0.5, 0.6) is 5.75 Å². The minimum Gasteiger partial charge on any atom is -0.487 e. The van der Waals surface area contributed by atoms with Gasteiger partial charge in [0.2, 0.25) is 0 Å². The zero-order chi connectivity index (χ0) is 17.3. The number of nitrogens with one attached hydrogen (secondary N) is 1. The second kappa shape index (κ2) is 6.42. The van der Waals surface area contributed by atoms with E-state index in [2.05, 4.69) is 29.3 Å². The molecule has 0 radical (unpaired) electrons. The van der Waals surface area contributed by atoms with Crippen molar-refractivity contribution in [3.63, 3.8) is 0 Å². The quantitative estimate of drug-likeness (QED) is 0.856. The molecule has 0 aromatic heterocycles. The summed E-state index contributed by atoms with van der Waals surface area (Å²) in [6, 6.07) is 4.28. The Balaban J connectivity index is 1.69. The Labute approximate surface area is 143 Å². The van der Waals surface area contributed by atoms with E-state index >= 15 is 0 Å². The zero-order valence-electron chi connectivity index (χ0n) is 15.0. The first-order chi connectivity index (χ1) is 11.3. The van der Waals surface area contributed by atoms with Crippen LogP contribution < -0.4 is 15.0 Å². The van der Waals surface area contributed by atoms with Gasteiger partial charge in [0.05, 0.1) is 11.4 Å². The molecule has 1 saturated heterocycles. The third kappa shape index (κ3) is 3.68. The molecular formula is C18H27N3O3. The largest absolute Gasteiger partial charge is 0.487 e. The lowest BCUT2D eigenvalue weighted by Gasteiger charge is -2.38. The molecule has 6 nitrogen and oxygen atoms in total. The van der Waals surface area contributed by atoms with Gasteiger partial charge in [-0.1, -0.05) is 0 Å². The van der Waals surface area contributed by atoms with Crippen LogP contribution in [-0.4, -0.2) is 55.9 Å². The first-order valence-corrected chi connectivity index (χ1v) is 8.58. The lowest BCUT2D eigenvalue weighted by atomic mass is 10.1. The van der Waals surface area contributed by atoms with Crippen molar-refractivity contribution in [1.82, 2.24) is 4.90 Å². The molecule has 0 atom stereocenters. The molecule has 0 aliphatic carbocycles. The van der Waals surface area contributed by atoms with E-state index in [4.69, 9.17) is 9.47 Å². The van der Waals surface area contributed by atoms with Gasteiger partial charge in [-0.25, -0.2) is 4.79 Å². The summed E-state index contributed by atoms with van der Waals surface area (Å²) in [6.45, 7) is 12.2. The molecule has 1 N–H and O–H groups in total. The molecule has 2 heterocycles. The van der Waals surface area contributed by atoms with Crippen molar-refractivity contribution in [2.75, 3.05) is 49.5 Å². The lowest BCUT2D eigenvalue weighted by molar-refractivity contribution is 0.0240. The number of hydrogen-bond acceptors (Lipinski definition) is 5. The molecule has 24 heavy (non-hydrogen) atoms. The molecule has 1 aromatic carbocycles. The van der Waals surface area contributed by atoms with E-state index in [-0.39, 0.29) is 6.09 Å². The van der Waals surface area contributed by atoms with Crippen LogP contribution in [0, 0.1) is 6.92 Å². The van der Waals surface area contributed by atoms with Gasteiger partial charge in [0.15, 0.2) is 5.75 Å². The van der Waals surface area contributed by atoms with Crippen LogP contribution in [0.25, 0.3) is 0 Å². The molecule has 3 rings (SSSR count). The average molecular weight is 333 g/mol. The fourth-order valence-corrected chi connectivity index (χ4v) is 3.07. The van der Waals surface area contributed by atoms with Crippen molar-refractivity contribution >= 4 is 17.5 Å². The number of rotatable bonds is 1. The number of carbonyl (C=O) groups excluding carboxylic acids is 1. The summed E-state index contributed by atoms with van der Waals surface area (Å²) in [6.07, 6.45) is -0.230. The summed E-state index contributed by atoms with van der Waals surface area (Å²) in [5.41, 5.74) is 2.92. The van der Waals surface area contributed by atoms with Crippen molar-refractivity contribution in [3.05, 3.63) is 17.7 Å². The number of piperazine rings is 1. The van der Waals surface area contributed by atoms with Crippen LogP contribution >= 0.6 is 0 Å². The van der Waals surface area contributed by atoms with Crippen molar-refractivity contribution < 1.29 is 14.3 Å². The number of anilines is 2. The molecule has 0 spiro atoms. The van der Waals surface area contributed by atoms with Crippen molar-refractivity contribution in [1.29, 1.82) is 0 Å². The summed E-state index contributed by atoms with van der Waals surface area (Å²) in [5, 5.41) is 3.40. The zero-order valence-corrected chi connectivity index (χ0v) is 15.0. The summed E-state index contributed by atoms with van der Waals surface area (Å²) >= 11 is 0. The van der Waals surface area contributed by atoms with E-state index in [1.807, 2.05) is 20.8 Å². The number of aryl methyl sites for hydroxylation is 1. The van der Waals surface area contributed by atoms with Gasteiger partial charge in [0.1, 0.15) is 12.2 Å². The standard InChI is InChI=1S/C18H27N3O3/c1-13-11-14-16(23-10-5-19-14)15(12-13)20-6-8-21(9-7-20)17(22)24-18(2,3)4/h11-12,19H,5-10H2,1-4H3.